The van der Waals surface area contributed by atoms with Crippen LogP contribution < -0.4 is 9.47 Å². The van der Waals surface area contributed by atoms with E-state index in [0.717, 1.165) is 16.4 Å². The van der Waals surface area contributed by atoms with E-state index in [-0.39, 0.29) is 12.4 Å². The van der Waals surface area contributed by atoms with E-state index < -0.39 is 11.9 Å². The Morgan fingerprint density at radius 3 is 2.71 bits per heavy atom. The van der Waals surface area contributed by atoms with Gasteiger partial charge in [-0.1, -0.05) is 23.7 Å². The average molecular weight is 481 g/mol. The smallest absolute Gasteiger partial charge is 0.164 e. The number of fused-ring (bicyclic) bond motifs is 2. The van der Waals surface area contributed by atoms with Crippen LogP contribution in [-0.4, -0.2) is 33.7 Å². The summed E-state index contributed by atoms with van der Waals surface area (Å²) in [6.45, 7) is 0.153. The molecule has 5 rings (SSSR count). The first kappa shape index (κ1) is 22.2. The lowest BCUT2D eigenvalue weighted by Gasteiger charge is -2.19. The van der Waals surface area contributed by atoms with E-state index in [0.29, 0.717) is 33.4 Å². The lowest BCUT2D eigenvalue weighted by atomic mass is 10.00. The molecule has 2 aromatic carbocycles. The number of halogens is 2. The number of ether oxygens (including phenoxy) is 3. The highest BCUT2D eigenvalue weighted by molar-refractivity contribution is 6.31. The zero-order valence-electron chi connectivity index (χ0n) is 18.8. The lowest BCUT2D eigenvalue weighted by molar-refractivity contribution is 0.133. The molecule has 0 aliphatic heterocycles. The largest absolute Gasteiger partial charge is 0.493 e. The van der Waals surface area contributed by atoms with Crippen molar-refractivity contribution < 1.29 is 18.6 Å². The molecular formula is C25H22ClFN4O3. The minimum atomic E-state index is -0.711. The lowest BCUT2D eigenvalue weighted by Crippen LogP contribution is -2.08. The van der Waals surface area contributed by atoms with Crippen LogP contribution in [-0.2, 0) is 18.4 Å². The molecule has 0 radical (unpaired) electrons. The third kappa shape index (κ3) is 3.85. The minimum absolute atomic E-state index is 0.153. The number of aromatic nitrogens is 4. The molecule has 3 heterocycles. The normalized spacial score (nSPS) is 12.4. The summed E-state index contributed by atoms with van der Waals surface area (Å²) < 4.78 is 34.4. The van der Waals surface area contributed by atoms with E-state index in [1.807, 2.05) is 35.9 Å². The molecule has 0 saturated carbocycles. The van der Waals surface area contributed by atoms with Crippen molar-refractivity contribution in [2.24, 2.45) is 7.05 Å². The van der Waals surface area contributed by atoms with Gasteiger partial charge in [0.05, 0.1) is 23.2 Å². The number of imidazole rings is 1. The van der Waals surface area contributed by atoms with Crippen LogP contribution >= 0.6 is 11.6 Å². The van der Waals surface area contributed by atoms with Gasteiger partial charge < -0.3 is 23.8 Å². The van der Waals surface area contributed by atoms with Crippen LogP contribution in [0, 0.1) is 5.82 Å². The van der Waals surface area contributed by atoms with Gasteiger partial charge in [0.25, 0.3) is 0 Å². The summed E-state index contributed by atoms with van der Waals surface area (Å²) in [5, 5.41) is 1.23. The van der Waals surface area contributed by atoms with Crippen LogP contribution in [0.25, 0.3) is 22.1 Å². The van der Waals surface area contributed by atoms with Crippen molar-refractivity contribution in [2.45, 2.75) is 12.7 Å². The van der Waals surface area contributed by atoms with Gasteiger partial charge in [-0.05, 0) is 24.3 Å². The van der Waals surface area contributed by atoms with E-state index in [1.165, 1.54) is 20.3 Å². The molecule has 0 aliphatic rings. The Hall–Kier alpha value is -3.62. The molecule has 5 aromatic rings. The molecule has 1 N–H and O–H groups in total. The molecule has 3 aromatic heterocycles. The first-order valence-electron chi connectivity index (χ1n) is 10.6. The SMILES string of the molecule is COc1cc(C(OC)c2c[nH]c3ncc(Cl)cc23)c(F)cc1OCc1nc2ccccc2n1C. The molecular weight excluding hydrogens is 459 g/mol. The molecule has 0 aliphatic carbocycles. The van der Waals surface area contributed by atoms with Crippen molar-refractivity contribution >= 4 is 33.7 Å². The number of hydrogen-bond acceptors (Lipinski definition) is 5. The standard InChI is InChI=1S/C25H22ClFN4O3/c1-31-20-7-5-4-6-19(20)30-23(31)13-34-22-10-18(27)16(9-21(22)32-2)24(33-3)17-12-29-25-15(17)8-14(26)11-28-25/h4-12,24H,13H2,1-3H3,(H,28,29). The van der Waals surface area contributed by atoms with Gasteiger partial charge in [-0.15, -0.1) is 0 Å². The van der Waals surface area contributed by atoms with Crippen molar-refractivity contribution in [3.63, 3.8) is 0 Å². The van der Waals surface area contributed by atoms with Crippen LogP contribution in [0.5, 0.6) is 11.5 Å². The van der Waals surface area contributed by atoms with Gasteiger partial charge in [0.15, 0.2) is 11.5 Å². The highest BCUT2D eigenvalue weighted by Gasteiger charge is 2.24. The maximum Gasteiger partial charge on any atom is 0.164 e. The van der Waals surface area contributed by atoms with Crippen LogP contribution in [0.1, 0.15) is 23.1 Å². The second kappa shape index (κ2) is 8.96. The van der Waals surface area contributed by atoms with Crippen molar-refractivity contribution in [2.75, 3.05) is 14.2 Å². The molecule has 7 nitrogen and oxygen atoms in total. The monoisotopic (exact) mass is 480 g/mol. The summed E-state index contributed by atoms with van der Waals surface area (Å²) in [6.07, 6.45) is 2.58. The summed E-state index contributed by atoms with van der Waals surface area (Å²) in [6, 6.07) is 12.5. The quantitative estimate of drug-likeness (QED) is 0.330. The Labute approximate surface area is 200 Å². The number of H-pyrrole nitrogens is 1. The summed E-state index contributed by atoms with van der Waals surface area (Å²) >= 11 is 6.13. The van der Waals surface area contributed by atoms with Gasteiger partial charge in [0, 0.05) is 49.1 Å². The van der Waals surface area contributed by atoms with Crippen molar-refractivity contribution in [3.05, 3.63) is 82.6 Å². The summed E-state index contributed by atoms with van der Waals surface area (Å²) in [5.41, 5.74) is 3.51. The van der Waals surface area contributed by atoms with Gasteiger partial charge in [-0.25, -0.2) is 14.4 Å². The van der Waals surface area contributed by atoms with Crippen LogP contribution in [0.4, 0.5) is 4.39 Å². The van der Waals surface area contributed by atoms with Crippen molar-refractivity contribution in [1.82, 2.24) is 19.5 Å². The zero-order valence-corrected chi connectivity index (χ0v) is 19.6. The third-order valence-electron chi connectivity index (χ3n) is 5.85. The Morgan fingerprint density at radius 1 is 1.12 bits per heavy atom. The van der Waals surface area contributed by atoms with Gasteiger partial charge >= 0.3 is 0 Å². The summed E-state index contributed by atoms with van der Waals surface area (Å²) in [4.78, 5) is 11.9. The topological polar surface area (TPSA) is 74.2 Å². The fourth-order valence-electron chi connectivity index (χ4n) is 4.13. The van der Waals surface area contributed by atoms with E-state index in [1.54, 1.807) is 24.5 Å². The molecule has 9 heteroatoms. The van der Waals surface area contributed by atoms with E-state index >= 15 is 4.39 Å². The molecule has 0 fully saturated rings. The number of rotatable bonds is 7. The third-order valence-corrected chi connectivity index (χ3v) is 6.06. The van der Waals surface area contributed by atoms with Gasteiger partial charge in [-0.2, -0.15) is 0 Å². The predicted molar refractivity (Wildman–Crippen MR) is 128 cm³/mol. The number of nitrogens with one attached hydrogen (secondary N) is 1. The molecule has 1 unspecified atom stereocenters. The fraction of sp³-hybridized carbons (Fsp3) is 0.200. The summed E-state index contributed by atoms with van der Waals surface area (Å²) in [7, 11) is 4.94. The van der Waals surface area contributed by atoms with Crippen molar-refractivity contribution in [3.8, 4) is 11.5 Å². The Bertz CT molecular complexity index is 1500. The molecule has 174 valence electrons. The predicted octanol–water partition coefficient (Wildman–Crippen LogP) is 5.57. The molecule has 0 amide bonds. The first-order valence-corrected chi connectivity index (χ1v) is 10.9. The number of aromatic amines is 1. The second-order valence-electron chi connectivity index (χ2n) is 7.80. The van der Waals surface area contributed by atoms with Gasteiger partial charge in [0.2, 0.25) is 0 Å². The Kier molecular flexibility index (Phi) is 5.85. The van der Waals surface area contributed by atoms with Gasteiger partial charge in [-0.3, -0.25) is 0 Å². The average Bonchev–Trinajstić information content (AvgIpc) is 3.40. The zero-order chi connectivity index (χ0) is 23.8. The minimum Gasteiger partial charge on any atom is -0.493 e. The highest BCUT2D eigenvalue weighted by atomic mass is 35.5. The molecule has 0 bridgehead atoms. The molecule has 34 heavy (non-hydrogen) atoms. The number of methoxy groups -OCH3 is 2. The number of nitrogens with zero attached hydrogens (tertiary/aromatic N) is 3. The fourth-order valence-corrected chi connectivity index (χ4v) is 4.29. The molecule has 0 saturated heterocycles. The summed E-state index contributed by atoms with van der Waals surface area (Å²) in [5.74, 6) is 0.880. The van der Waals surface area contributed by atoms with Gasteiger partial charge in [0.1, 0.15) is 30.0 Å². The van der Waals surface area contributed by atoms with E-state index in [4.69, 9.17) is 25.8 Å². The number of pyridine rings is 1. The number of para-hydroxylation sites is 2. The second-order valence-corrected chi connectivity index (χ2v) is 8.23. The molecule has 0 spiro atoms. The Balaban J connectivity index is 1.47. The van der Waals surface area contributed by atoms with Crippen LogP contribution in [0.2, 0.25) is 5.02 Å². The number of aryl methyl sites for hydroxylation is 1. The number of benzene rings is 2. The molecule has 1 atom stereocenters. The van der Waals surface area contributed by atoms with Crippen LogP contribution in [0.3, 0.4) is 0 Å². The van der Waals surface area contributed by atoms with E-state index in [9.17, 15) is 0 Å². The maximum absolute atomic E-state index is 15.4. The highest BCUT2D eigenvalue weighted by Crippen LogP contribution is 2.38. The van der Waals surface area contributed by atoms with Crippen molar-refractivity contribution in [1.29, 1.82) is 0 Å². The first-order chi connectivity index (χ1) is 16.5. The maximum atomic E-state index is 15.4. The number of hydrogen-bond donors (Lipinski definition) is 1. The van der Waals surface area contributed by atoms with E-state index in [2.05, 4.69) is 15.0 Å². The Morgan fingerprint density at radius 2 is 1.94 bits per heavy atom. The van der Waals surface area contributed by atoms with Crippen LogP contribution in [0.15, 0.2) is 54.9 Å².